The number of nitrogens with zero attached hydrogens (tertiary/aromatic N) is 2. The average molecular weight is 232 g/mol. The van der Waals surface area contributed by atoms with Crippen LogP contribution >= 0.6 is 0 Å². The molecule has 0 unspecified atom stereocenters. The zero-order valence-corrected chi connectivity index (χ0v) is 11.1. The summed E-state index contributed by atoms with van der Waals surface area (Å²) in [6, 6.07) is 0. The quantitative estimate of drug-likeness (QED) is 0.531. The Hall–Kier alpha value is -0.160. The van der Waals surface area contributed by atoms with Gasteiger partial charge in [-0.1, -0.05) is 6.42 Å². The van der Waals surface area contributed by atoms with Crippen molar-refractivity contribution in [3.05, 3.63) is 0 Å². The lowest BCUT2D eigenvalue weighted by atomic mass is 10.2. The Kier molecular flexibility index (Phi) is 11.2. The fourth-order valence-electron chi connectivity index (χ4n) is 1.58. The van der Waals surface area contributed by atoms with E-state index < -0.39 is 0 Å². The van der Waals surface area contributed by atoms with Gasteiger partial charge in [-0.15, -0.1) is 0 Å². The first-order valence-corrected chi connectivity index (χ1v) is 6.17. The maximum atomic E-state index is 8.73. The van der Waals surface area contributed by atoms with Crippen LogP contribution in [0.15, 0.2) is 0 Å². The van der Waals surface area contributed by atoms with Gasteiger partial charge in [0.15, 0.2) is 0 Å². The Labute approximate surface area is 100 Å². The molecule has 4 heteroatoms. The summed E-state index contributed by atoms with van der Waals surface area (Å²) in [5.41, 5.74) is 0. The van der Waals surface area contributed by atoms with E-state index in [1.54, 1.807) is 7.11 Å². The summed E-state index contributed by atoms with van der Waals surface area (Å²) in [4.78, 5) is 4.48. The molecule has 98 valence electrons. The molecule has 0 atom stereocenters. The summed E-state index contributed by atoms with van der Waals surface area (Å²) in [6.45, 7) is 5.11. The minimum Gasteiger partial charge on any atom is -0.395 e. The number of likely N-dealkylation sites (N-methyl/N-ethyl adjacent to an activating group) is 2. The van der Waals surface area contributed by atoms with Crippen molar-refractivity contribution in [2.45, 2.75) is 19.3 Å². The molecule has 0 spiro atoms. The third kappa shape index (κ3) is 10.4. The van der Waals surface area contributed by atoms with Crippen LogP contribution in [0.25, 0.3) is 0 Å². The summed E-state index contributed by atoms with van der Waals surface area (Å²) in [7, 11) is 5.93. The summed E-state index contributed by atoms with van der Waals surface area (Å²) in [5.74, 6) is 0. The van der Waals surface area contributed by atoms with Crippen molar-refractivity contribution in [2.75, 3.05) is 60.6 Å². The van der Waals surface area contributed by atoms with Crippen LogP contribution in [0.5, 0.6) is 0 Å². The minimum absolute atomic E-state index is 0.260. The molecule has 16 heavy (non-hydrogen) atoms. The smallest absolute Gasteiger partial charge is 0.0589 e. The zero-order valence-electron chi connectivity index (χ0n) is 11.1. The van der Waals surface area contributed by atoms with E-state index in [9.17, 15) is 0 Å². The SMILES string of the molecule is COCCN(C)CCCCCN(C)CCO. The maximum absolute atomic E-state index is 8.73. The summed E-state index contributed by atoms with van der Waals surface area (Å²) in [6.07, 6.45) is 3.72. The second-order valence-corrected chi connectivity index (χ2v) is 4.38. The summed E-state index contributed by atoms with van der Waals surface area (Å²) in [5, 5.41) is 8.73. The van der Waals surface area contributed by atoms with E-state index in [2.05, 4.69) is 23.9 Å². The highest BCUT2D eigenvalue weighted by Gasteiger charge is 1.99. The molecular weight excluding hydrogens is 204 g/mol. The second-order valence-electron chi connectivity index (χ2n) is 4.38. The molecular formula is C12H28N2O2. The van der Waals surface area contributed by atoms with E-state index in [1.807, 2.05) is 0 Å². The summed E-state index contributed by atoms with van der Waals surface area (Å²) < 4.78 is 5.03. The lowest BCUT2D eigenvalue weighted by molar-refractivity contribution is 0.160. The van der Waals surface area contributed by atoms with Gasteiger partial charge in [0.05, 0.1) is 13.2 Å². The average Bonchev–Trinajstić information content (AvgIpc) is 2.26. The highest BCUT2D eigenvalue weighted by atomic mass is 16.5. The predicted octanol–water partition coefficient (Wildman–Crippen LogP) is 0.659. The predicted molar refractivity (Wildman–Crippen MR) is 67.8 cm³/mol. The summed E-state index contributed by atoms with van der Waals surface area (Å²) >= 11 is 0. The van der Waals surface area contributed by atoms with Gasteiger partial charge in [0.25, 0.3) is 0 Å². The van der Waals surface area contributed by atoms with Crippen molar-refractivity contribution in [3.63, 3.8) is 0 Å². The van der Waals surface area contributed by atoms with Crippen LogP contribution in [0, 0.1) is 0 Å². The number of methoxy groups -OCH3 is 1. The van der Waals surface area contributed by atoms with Gasteiger partial charge in [-0.3, -0.25) is 0 Å². The lowest BCUT2D eigenvalue weighted by Gasteiger charge is -2.17. The maximum Gasteiger partial charge on any atom is 0.0589 e. The first-order valence-electron chi connectivity index (χ1n) is 6.17. The van der Waals surface area contributed by atoms with Gasteiger partial charge in [-0.05, 0) is 40.0 Å². The Bertz CT molecular complexity index is 145. The van der Waals surface area contributed by atoms with E-state index in [0.717, 1.165) is 32.8 Å². The Morgan fingerprint density at radius 3 is 1.94 bits per heavy atom. The largest absolute Gasteiger partial charge is 0.395 e. The molecule has 0 saturated carbocycles. The van der Waals surface area contributed by atoms with Crippen LogP contribution in [-0.4, -0.2) is 75.5 Å². The molecule has 0 bridgehead atoms. The molecule has 0 aliphatic carbocycles. The van der Waals surface area contributed by atoms with Gasteiger partial charge >= 0.3 is 0 Å². The Morgan fingerprint density at radius 1 is 0.875 bits per heavy atom. The van der Waals surface area contributed by atoms with Crippen molar-refractivity contribution in [3.8, 4) is 0 Å². The van der Waals surface area contributed by atoms with Crippen LogP contribution in [0.1, 0.15) is 19.3 Å². The Balaban J connectivity index is 3.19. The second kappa shape index (κ2) is 11.3. The molecule has 0 fully saturated rings. The third-order valence-corrected chi connectivity index (χ3v) is 2.74. The number of ether oxygens (including phenoxy) is 1. The molecule has 0 aliphatic heterocycles. The molecule has 0 aromatic heterocycles. The van der Waals surface area contributed by atoms with Gasteiger partial charge in [-0.2, -0.15) is 0 Å². The molecule has 0 aromatic carbocycles. The molecule has 0 saturated heterocycles. The third-order valence-electron chi connectivity index (χ3n) is 2.74. The number of rotatable bonds is 11. The highest BCUT2D eigenvalue weighted by molar-refractivity contribution is 4.54. The van der Waals surface area contributed by atoms with Crippen molar-refractivity contribution < 1.29 is 9.84 Å². The molecule has 4 nitrogen and oxygen atoms in total. The molecule has 0 rings (SSSR count). The van der Waals surface area contributed by atoms with Gasteiger partial charge in [0.2, 0.25) is 0 Å². The molecule has 1 N–H and O–H groups in total. The van der Waals surface area contributed by atoms with Crippen LogP contribution in [0.4, 0.5) is 0 Å². The number of hydrogen-bond donors (Lipinski definition) is 1. The molecule has 0 aromatic rings. The van der Waals surface area contributed by atoms with E-state index in [1.165, 1.54) is 19.3 Å². The van der Waals surface area contributed by atoms with E-state index in [4.69, 9.17) is 9.84 Å². The van der Waals surface area contributed by atoms with Crippen LogP contribution in [0.3, 0.4) is 0 Å². The monoisotopic (exact) mass is 232 g/mol. The Morgan fingerprint density at radius 2 is 1.44 bits per heavy atom. The topological polar surface area (TPSA) is 35.9 Å². The first-order chi connectivity index (χ1) is 7.70. The van der Waals surface area contributed by atoms with Crippen LogP contribution in [-0.2, 0) is 4.74 Å². The fraction of sp³-hybridized carbons (Fsp3) is 1.00. The molecule has 0 radical (unpaired) electrons. The van der Waals surface area contributed by atoms with Gasteiger partial charge in [0, 0.05) is 20.2 Å². The van der Waals surface area contributed by atoms with Crippen molar-refractivity contribution in [1.29, 1.82) is 0 Å². The van der Waals surface area contributed by atoms with Crippen LogP contribution < -0.4 is 0 Å². The van der Waals surface area contributed by atoms with E-state index in [-0.39, 0.29) is 6.61 Å². The number of unbranched alkanes of at least 4 members (excludes halogenated alkanes) is 2. The van der Waals surface area contributed by atoms with Gasteiger partial charge in [0.1, 0.15) is 0 Å². The van der Waals surface area contributed by atoms with Crippen molar-refractivity contribution >= 4 is 0 Å². The van der Waals surface area contributed by atoms with E-state index >= 15 is 0 Å². The minimum atomic E-state index is 0.260. The standard InChI is InChI=1S/C12H28N2O2/c1-13(9-11-15)7-5-4-6-8-14(2)10-12-16-3/h15H,4-12H2,1-3H3. The van der Waals surface area contributed by atoms with Gasteiger partial charge in [-0.25, -0.2) is 0 Å². The highest BCUT2D eigenvalue weighted by Crippen LogP contribution is 1.99. The first kappa shape index (κ1) is 15.8. The number of aliphatic hydroxyl groups is 1. The lowest BCUT2D eigenvalue weighted by Crippen LogP contribution is -2.25. The molecule has 0 heterocycles. The fourth-order valence-corrected chi connectivity index (χ4v) is 1.58. The van der Waals surface area contributed by atoms with Crippen molar-refractivity contribution in [2.24, 2.45) is 0 Å². The van der Waals surface area contributed by atoms with Crippen LogP contribution in [0.2, 0.25) is 0 Å². The van der Waals surface area contributed by atoms with Gasteiger partial charge < -0.3 is 19.6 Å². The number of hydrogen-bond acceptors (Lipinski definition) is 4. The zero-order chi connectivity index (χ0) is 12.2. The normalized spacial score (nSPS) is 11.6. The number of aliphatic hydroxyl groups excluding tert-OH is 1. The van der Waals surface area contributed by atoms with E-state index in [0.29, 0.717) is 0 Å². The molecule has 0 amide bonds. The van der Waals surface area contributed by atoms with Crippen molar-refractivity contribution in [1.82, 2.24) is 9.80 Å². The molecule has 0 aliphatic rings.